The number of carboxylic acid groups (broad SMARTS) is 1. The monoisotopic (exact) mass is 163 g/mol. The van der Waals surface area contributed by atoms with Gasteiger partial charge in [0.25, 0.3) is 0 Å². The molecule has 3 heteroatoms. The first-order chi connectivity index (χ1) is 3.15. The Morgan fingerprint density at radius 1 is 1.57 bits per heavy atom. The zero-order valence-corrected chi connectivity index (χ0v) is 6.91. The van der Waals surface area contributed by atoms with E-state index in [1.165, 1.54) is 0 Å². The molecule has 0 aromatic heterocycles. The first kappa shape index (κ1) is 10.1. The van der Waals surface area contributed by atoms with Gasteiger partial charge in [0, 0.05) is 5.97 Å². The number of carbonyl (C=O) groups excluding carboxylic acids is 1. The third kappa shape index (κ3) is 586000. The third-order valence-electron chi connectivity index (χ3n) is 0. The van der Waals surface area contributed by atoms with E-state index < -0.39 is 5.97 Å². The normalized spacial score (nSPS) is 5.57. The first-order valence-electron chi connectivity index (χ1n) is 1.91. The van der Waals surface area contributed by atoms with Crippen LogP contribution in [0.3, 0.4) is 0 Å². The molecule has 0 aliphatic rings. The van der Waals surface area contributed by atoms with Gasteiger partial charge in [0.1, 0.15) is 0 Å². The molecule has 0 aromatic rings. The Balaban J connectivity index is 0. The van der Waals surface area contributed by atoms with Crippen LogP contribution >= 0.6 is 0 Å². The van der Waals surface area contributed by atoms with Crippen molar-refractivity contribution in [3.63, 3.8) is 0 Å². The van der Waals surface area contributed by atoms with E-state index in [0.29, 0.717) is 15.4 Å². The molecule has 0 spiro atoms. The molecule has 0 rings (SSSR count). The Kier molecular flexibility index (Phi) is 13.5. The van der Waals surface area contributed by atoms with Gasteiger partial charge in [-0.15, -0.1) is 0 Å². The third-order valence-corrected chi connectivity index (χ3v) is 0. The van der Waals surface area contributed by atoms with Crippen LogP contribution in [0.1, 0.15) is 6.92 Å². The maximum atomic E-state index is 8.89. The fourth-order valence-electron chi connectivity index (χ4n) is 0. The Labute approximate surface area is 50.4 Å². The fraction of sp³-hybridized carbons (Fsp3) is 0.750. The Morgan fingerprint density at radius 3 is 1.57 bits per heavy atom. The second-order valence-corrected chi connectivity index (χ2v) is 3.09. The summed E-state index contributed by atoms with van der Waals surface area (Å²) in [5.41, 5.74) is 0. The zero-order chi connectivity index (χ0) is 6.28. The number of aliphatic carboxylic acids is 1. The van der Waals surface area contributed by atoms with Gasteiger partial charge in [0.05, 0.1) is 0 Å². The van der Waals surface area contributed by atoms with Gasteiger partial charge >= 0.3 is 26.9 Å². The number of hydrogen-bond donors (Lipinski definition) is 0. The van der Waals surface area contributed by atoms with E-state index in [0.717, 1.165) is 6.92 Å². The molecule has 0 saturated carbocycles. The predicted molar refractivity (Wildman–Crippen MR) is 28.2 cm³/mol. The minimum absolute atomic E-state index is 0.500. The number of hydrogen-bond acceptors (Lipinski definition) is 2. The molecule has 0 N–H and O–H groups in total. The summed E-state index contributed by atoms with van der Waals surface area (Å²) in [7, 11) is 0. The van der Waals surface area contributed by atoms with Crippen molar-refractivity contribution in [3.8, 4) is 0 Å². The summed E-state index contributed by atoms with van der Waals surface area (Å²) in [6, 6.07) is 0. The second kappa shape index (κ2) is 9.38. The van der Waals surface area contributed by atoms with E-state index >= 15 is 0 Å². The van der Waals surface area contributed by atoms with Gasteiger partial charge in [-0.3, -0.25) is 0 Å². The van der Waals surface area contributed by atoms with Gasteiger partial charge in [-0.05, 0) is 6.92 Å². The molecule has 0 fully saturated rings. The topological polar surface area (TPSA) is 40.1 Å². The van der Waals surface area contributed by atoms with Crippen molar-refractivity contribution in [2.45, 2.75) is 18.4 Å². The molecule has 0 unspecified atom stereocenters. The summed E-state index contributed by atoms with van der Waals surface area (Å²) in [4.78, 5) is 8.89. The van der Waals surface area contributed by atoms with Crippen LogP contribution < -0.4 is 5.11 Å². The van der Waals surface area contributed by atoms with Crippen molar-refractivity contribution < 1.29 is 9.90 Å². The quantitative estimate of drug-likeness (QED) is 0.452. The van der Waals surface area contributed by atoms with Crippen LogP contribution in [0.25, 0.3) is 0 Å². The van der Waals surface area contributed by atoms with Gasteiger partial charge in [0.2, 0.25) is 0 Å². The SMILES string of the molecule is CC(=O)[O-].[CH3][Ge+][CH3]. The van der Waals surface area contributed by atoms with E-state index in [4.69, 9.17) is 9.90 Å². The van der Waals surface area contributed by atoms with Gasteiger partial charge in [0.15, 0.2) is 0 Å². The van der Waals surface area contributed by atoms with Crippen molar-refractivity contribution >= 4 is 21.4 Å². The maximum absolute atomic E-state index is 8.89. The van der Waals surface area contributed by atoms with Crippen molar-refractivity contribution in [1.82, 2.24) is 0 Å². The molecular formula is C4H9GeO2. The summed E-state index contributed by atoms with van der Waals surface area (Å²) >= 11 is 0.500. The number of carboxylic acids is 1. The Bertz CT molecular complexity index is 41.0. The second-order valence-electron chi connectivity index (χ2n) is 0.992. The molecule has 0 bridgehead atoms. The van der Waals surface area contributed by atoms with Gasteiger partial charge < -0.3 is 9.90 Å². The summed E-state index contributed by atoms with van der Waals surface area (Å²) in [6.07, 6.45) is 0. The van der Waals surface area contributed by atoms with Crippen LogP contribution in [0, 0.1) is 0 Å². The van der Waals surface area contributed by atoms with Gasteiger partial charge in [-0.2, -0.15) is 0 Å². The van der Waals surface area contributed by atoms with Crippen molar-refractivity contribution in [2.75, 3.05) is 0 Å². The predicted octanol–water partition coefficient (Wildman–Crippen LogP) is -0.457. The van der Waals surface area contributed by atoms with E-state index in [2.05, 4.69) is 11.5 Å². The van der Waals surface area contributed by atoms with Crippen LogP contribution in [0.2, 0.25) is 11.5 Å². The van der Waals surface area contributed by atoms with Crippen LogP contribution in [0.5, 0.6) is 0 Å². The van der Waals surface area contributed by atoms with E-state index in [1.807, 2.05) is 0 Å². The molecule has 0 aliphatic carbocycles. The average Bonchev–Trinajstić information content (AvgIpc) is 1.33. The molecule has 1 radical (unpaired) electrons. The molecule has 2 nitrogen and oxygen atoms in total. The van der Waals surface area contributed by atoms with Crippen molar-refractivity contribution in [1.29, 1.82) is 0 Å². The summed E-state index contributed by atoms with van der Waals surface area (Å²) in [5, 5.41) is 8.89. The van der Waals surface area contributed by atoms with E-state index in [9.17, 15) is 0 Å². The molecule has 0 saturated heterocycles. The van der Waals surface area contributed by atoms with Gasteiger partial charge in [-0.25, -0.2) is 0 Å². The van der Waals surface area contributed by atoms with Crippen LogP contribution in [-0.2, 0) is 4.79 Å². The van der Waals surface area contributed by atoms with Crippen LogP contribution in [0.4, 0.5) is 0 Å². The van der Waals surface area contributed by atoms with Gasteiger partial charge in [-0.1, -0.05) is 0 Å². The Hall–Kier alpha value is 0.0129. The fourth-order valence-corrected chi connectivity index (χ4v) is 0. The first-order valence-corrected chi connectivity index (χ1v) is 6.10. The molecule has 0 aromatic carbocycles. The molecule has 0 amide bonds. The van der Waals surface area contributed by atoms with Crippen LogP contribution in [-0.4, -0.2) is 21.4 Å². The molecular weight excluding hydrogens is 153 g/mol. The molecule has 7 heavy (non-hydrogen) atoms. The van der Waals surface area contributed by atoms with Crippen molar-refractivity contribution in [3.05, 3.63) is 0 Å². The summed E-state index contributed by atoms with van der Waals surface area (Å²) in [5.74, 6) is 3.42. The molecule has 41 valence electrons. The Morgan fingerprint density at radius 2 is 1.57 bits per heavy atom. The van der Waals surface area contributed by atoms with E-state index in [1.54, 1.807) is 0 Å². The summed E-state index contributed by atoms with van der Waals surface area (Å²) < 4.78 is 0. The number of rotatable bonds is 0. The molecule has 0 atom stereocenters. The zero-order valence-electron chi connectivity index (χ0n) is 4.82. The van der Waals surface area contributed by atoms with E-state index in [-0.39, 0.29) is 0 Å². The average molecular weight is 162 g/mol. The van der Waals surface area contributed by atoms with Crippen molar-refractivity contribution in [2.24, 2.45) is 0 Å². The number of carbonyl (C=O) groups is 1. The molecule has 0 heterocycles. The standard InChI is InChI=1S/C2H6Ge.C2H4O2/c1-3-2;1-2(3)4/h1-2H3;1H3,(H,3,4)/q+1;/p-1. The molecule has 0 aliphatic heterocycles. The summed E-state index contributed by atoms with van der Waals surface area (Å²) in [6.45, 7) is 0.972. The minimum atomic E-state index is -1.08. The van der Waals surface area contributed by atoms with Crippen LogP contribution in [0.15, 0.2) is 0 Å².